The molecule has 0 bridgehead atoms. The first-order valence-electron chi connectivity index (χ1n) is 12.6. The zero-order valence-electron chi connectivity index (χ0n) is 21.6. The Balaban J connectivity index is 1.40. The summed E-state index contributed by atoms with van der Waals surface area (Å²) >= 11 is 0. The molecule has 4 heterocycles. The molecule has 0 aliphatic carbocycles. The van der Waals surface area contributed by atoms with Crippen molar-refractivity contribution in [2.24, 2.45) is 5.92 Å². The molecule has 0 saturated carbocycles. The van der Waals surface area contributed by atoms with E-state index in [1.54, 1.807) is 12.3 Å². The maximum absolute atomic E-state index is 14.9. The van der Waals surface area contributed by atoms with Crippen molar-refractivity contribution in [1.82, 2.24) is 29.4 Å². The highest BCUT2D eigenvalue weighted by atomic mass is 19.1. The molecule has 1 aromatic carbocycles. The van der Waals surface area contributed by atoms with E-state index in [-0.39, 0.29) is 23.2 Å². The predicted molar refractivity (Wildman–Crippen MR) is 143 cm³/mol. The maximum atomic E-state index is 14.9. The average molecular weight is 504 g/mol. The molecule has 1 fully saturated rings. The van der Waals surface area contributed by atoms with Gasteiger partial charge in [0, 0.05) is 24.3 Å². The molecular formula is C28H31F2N7. The summed E-state index contributed by atoms with van der Waals surface area (Å²) in [4.78, 5) is 19.7. The molecule has 192 valence electrons. The highest BCUT2D eigenvalue weighted by Gasteiger charge is 2.24. The topological polar surface area (TPSA) is 71.8 Å². The number of rotatable bonds is 7. The minimum atomic E-state index is -0.645. The van der Waals surface area contributed by atoms with Crippen LogP contribution in [0.15, 0.2) is 43.2 Å². The van der Waals surface area contributed by atoms with E-state index in [4.69, 9.17) is 0 Å². The second kappa shape index (κ2) is 9.97. The van der Waals surface area contributed by atoms with E-state index in [1.165, 1.54) is 6.07 Å². The van der Waals surface area contributed by atoms with Crippen molar-refractivity contribution in [3.8, 4) is 11.3 Å². The van der Waals surface area contributed by atoms with Crippen LogP contribution in [-0.2, 0) is 0 Å². The van der Waals surface area contributed by atoms with Gasteiger partial charge in [-0.25, -0.2) is 28.7 Å². The van der Waals surface area contributed by atoms with Crippen LogP contribution < -0.4 is 5.32 Å². The Morgan fingerprint density at radius 2 is 1.95 bits per heavy atom. The van der Waals surface area contributed by atoms with E-state index >= 15 is 0 Å². The van der Waals surface area contributed by atoms with Crippen LogP contribution in [0.5, 0.6) is 0 Å². The number of pyridine rings is 1. The third kappa shape index (κ3) is 4.83. The molecule has 7 nitrogen and oxygen atoms in total. The summed E-state index contributed by atoms with van der Waals surface area (Å²) in [6.07, 6.45) is 3.96. The Kier molecular flexibility index (Phi) is 6.72. The van der Waals surface area contributed by atoms with Gasteiger partial charge in [-0.2, -0.15) is 0 Å². The third-order valence-corrected chi connectivity index (χ3v) is 7.05. The Labute approximate surface area is 215 Å². The molecule has 37 heavy (non-hydrogen) atoms. The molecule has 0 spiro atoms. The molecule has 1 aliphatic heterocycles. The SMILES string of the molecule is C=C(c1ccc(Nc2ncc(F)c(-c3cc(F)c4nc(C)n(C(C)C)c4c3)n2)nc1)[C@@H]1CCN(CC)C1. The maximum Gasteiger partial charge on any atom is 0.229 e. The van der Waals surface area contributed by atoms with Gasteiger partial charge in [-0.05, 0) is 81.6 Å². The second-order valence-electron chi connectivity index (χ2n) is 9.80. The number of nitrogens with zero attached hydrogens (tertiary/aromatic N) is 6. The lowest BCUT2D eigenvalue weighted by molar-refractivity contribution is 0.352. The van der Waals surface area contributed by atoms with Gasteiger partial charge in [0.25, 0.3) is 0 Å². The molecule has 0 unspecified atom stereocenters. The Morgan fingerprint density at radius 3 is 2.62 bits per heavy atom. The van der Waals surface area contributed by atoms with Gasteiger partial charge >= 0.3 is 0 Å². The summed E-state index contributed by atoms with van der Waals surface area (Å²) < 4.78 is 31.7. The first-order valence-corrected chi connectivity index (χ1v) is 12.6. The fraction of sp³-hybridized carbons (Fsp3) is 0.357. The van der Waals surface area contributed by atoms with Gasteiger partial charge < -0.3 is 14.8 Å². The van der Waals surface area contributed by atoms with Crippen LogP contribution in [0.4, 0.5) is 20.5 Å². The monoisotopic (exact) mass is 503 g/mol. The number of benzene rings is 1. The molecule has 1 N–H and O–H groups in total. The summed E-state index contributed by atoms with van der Waals surface area (Å²) in [5.41, 5.74) is 3.25. The van der Waals surface area contributed by atoms with E-state index in [2.05, 4.69) is 43.7 Å². The highest BCUT2D eigenvalue weighted by Crippen LogP contribution is 2.32. The number of imidazole rings is 1. The fourth-order valence-corrected chi connectivity index (χ4v) is 5.10. The number of hydrogen-bond acceptors (Lipinski definition) is 6. The van der Waals surface area contributed by atoms with E-state index in [1.807, 2.05) is 37.5 Å². The van der Waals surface area contributed by atoms with Crippen molar-refractivity contribution in [1.29, 1.82) is 0 Å². The quantitative estimate of drug-likeness (QED) is 0.326. The average Bonchev–Trinajstić information content (AvgIpc) is 3.49. The Hall–Kier alpha value is -3.72. The molecule has 3 aromatic heterocycles. The summed E-state index contributed by atoms with van der Waals surface area (Å²) in [6.45, 7) is 15.4. The summed E-state index contributed by atoms with van der Waals surface area (Å²) in [5.74, 6) is 0.638. The van der Waals surface area contributed by atoms with Crippen LogP contribution in [-0.4, -0.2) is 49.0 Å². The minimum Gasteiger partial charge on any atom is -0.326 e. The normalized spacial score (nSPS) is 16.1. The summed E-state index contributed by atoms with van der Waals surface area (Å²) in [6, 6.07) is 6.84. The molecule has 9 heteroatoms. The first-order chi connectivity index (χ1) is 17.7. The van der Waals surface area contributed by atoms with E-state index in [9.17, 15) is 8.78 Å². The summed E-state index contributed by atoms with van der Waals surface area (Å²) in [7, 11) is 0. The van der Waals surface area contributed by atoms with Crippen LogP contribution in [0.1, 0.15) is 44.6 Å². The van der Waals surface area contributed by atoms with Crippen LogP contribution in [0, 0.1) is 24.5 Å². The standard InChI is InChI=1S/C28H31F2N7/c1-6-36-10-9-20(15-36)17(4)19-7-8-25(31-13-19)34-28-32-14-23(30)26(35-28)21-11-22(29)27-24(12-21)37(16(2)3)18(5)33-27/h7-8,11-14,16,20H,4,6,9-10,15H2,1-3,5H3,(H,31,32,34,35)/t20-/m1/s1. The summed E-state index contributed by atoms with van der Waals surface area (Å²) in [5, 5.41) is 3.03. The molecule has 1 atom stereocenters. The molecule has 5 rings (SSSR count). The minimum absolute atomic E-state index is 0.000770. The van der Waals surface area contributed by atoms with Gasteiger partial charge in [-0.3, -0.25) is 0 Å². The van der Waals surface area contributed by atoms with E-state index in [0.29, 0.717) is 28.6 Å². The lowest BCUT2D eigenvalue weighted by atomic mass is 9.94. The molecule has 1 saturated heterocycles. The van der Waals surface area contributed by atoms with Gasteiger partial charge in [0.15, 0.2) is 11.6 Å². The number of anilines is 2. The zero-order chi connectivity index (χ0) is 26.3. The van der Waals surface area contributed by atoms with Crippen molar-refractivity contribution in [2.45, 2.75) is 40.2 Å². The molecule has 1 aliphatic rings. The number of nitrogens with one attached hydrogen (secondary N) is 1. The molecule has 4 aromatic rings. The van der Waals surface area contributed by atoms with Gasteiger partial charge in [-0.15, -0.1) is 0 Å². The Morgan fingerprint density at radius 1 is 1.14 bits per heavy atom. The lowest BCUT2D eigenvalue weighted by Crippen LogP contribution is -2.20. The molecular weight excluding hydrogens is 472 g/mol. The van der Waals surface area contributed by atoms with Gasteiger partial charge in [0.05, 0.1) is 11.7 Å². The van der Waals surface area contributed by atoms with E-state index < -0.39 is 11.6 Å². The van der Waals surface area contributed by atoms with Crippen molar-refractivity contribution in [3.05, 3.63) is 66.3 Å². The smallest absolute Gasteiger partial charge is 0.229 e. The van der Waals surface area contributed by atoms with Crippen LogP contribution >= 0.6 is 0 Å². The zero-order valence-corrected chi connectivity index (χ0v) is 21.6. The van der Waals surface area contributed by atoms with Crippen molar-refractivity contribution in [3.63, 3.8) is 0 Å². The number of halogens is 2. The Bertz CT molecular complexity index is 1460. The van der Waals surface area contributed by atoms with Gasteiger partial charge in [-0.1, -0.05) is 13.5 Å². The largest absolute Gasteiger partial charge is 0.326 e. The lowest BCUT2D eigenvalue weighted by Gasteiger charge is -2.15. The molecule has 0 amide bonds. The number of aromatic nitrogens is 5. The van der Waals surface area contributed by atoms with Crippen LogP contribution in [0.3, 0.4) is 0 Å². The fourth-order valence-electron chi connectivity index (χ4n) is 5.10. The van der Waals surface area contributed by atoms with Gasteiger partial charge in [0.1, 0.15) is 22.9 Å². The first kappa shape index (κ1) is 25.0. The number of aryl methyl sites for hydroxylation is 1. The van der Waals surface area contributed by atoms with Crippen molar-refractivity contribution >= 4 is 28.4 Å². The van der Waals surface area contributed by atoms with Gasteiger partial charge in [0.2, 0.25) is 5.95 Å². The number of hydrogen-bond donors (Lipinski definition) is 1. The van der Waals surface area contributed by atoms with Crippen molar-refractivity contribution in [2.75, 3.05) is 25.0 Å². The molecule has 0 radical (unpaired) electrons. The van der Waals surface area contributed by atoms with E-state index in [0.717, 1.165) is 43.4 Å². The highest BCUT2D eigenvalue weighted by molar-refractivity contribution is 5.83. The number of likely N-dealkylation sites (tertiary alicyclic amines) is 1. The number of fused-ring (bicyclic) bond motifs is 1. The third-order valence-electron chi connectivity index (χ3n) is 7.05. The van der Waals surface area contributed by atoms with Crippen molar-refractivity contribution < 1.29 is 8.78 Å². The second-order valence-corrected chi connectivity index (χ2v) is 9.80. The van der Waals surface area contributed by atoms with Crippen LogP contribution in [0.25, 0.3) is 27.9 Å². The van der Waals surface area contributed by atoms with Crippen LogP contribution in [0.2, 0.25) is 0 Å². The predicted octanol–water partition coefficient (Wildman–Crippen LogP) is 6.15.